The first-order valence-corrected chi connectivity index (χ1v) is 9.09. The van der Waals surface area contributed by atoms with Crippen LogP contribution < -0.4 is 4.74 Å². The lowest BCUT2D eigenvalue weighted by molar-refractivity contribution is -0.141. The van der Waals surface area contributed by atoms with E-state index in [9.17, 15) is 13.2 Å². The van der Waals surface area contributed by atoms with Crippen LogP contribution in [0.5, 0.6) is 5.88 Å². The van der Waals surface area contributed by atoms with Crippen molar-refractivity contribution in [3.8, 4) is 17.8 Å². The molecule has 0 N–H and O–H groups in total. The Bertz CT molecular complexity index is 1240. The molecule has 1 aliphatic heterocycles. The summed E-state index contributed by atoms with van der Waals surface area (Å²) in [6.45, 7) is 0. The second-order valence-electron chi connectivity index (χ2n) is 6.52. The van der Waals surface area contributed by atoms with Crippen molar-refractivity contribution < 1.29 is 17.9 Å². The van der Waals surface area contributed by atoms with E-state index in [1.165, 1.54) is 11.6 Å². The van der Waals surface area contributed by atoms with E-state index >= 15 is 0 Å². The van der Waals surface area contributed by atoms with E-state index in [0.717, 1.165) is 22.8 Å². The standard InChI is InChI=1S/C23H16F3N3O/c1-30-22-10-9-18(20-15-21(23(24,25)26)28-29(20)22)19(17-7-3-2-4-8-17)14-16-6-5-12-27-13-11-16/h2-4,7-11,13-15H,6H2,1H3/b19-14+. The Morgan fingerprint density at radius 1 is 1.17 bits per heavy atom. The number of hydrogen-bond acceptors (Lipinski definition) is 3. The summed E-state index contributed by atoms with van der Waals surface area (Å²) in [5, 5.41) is 3.73. The molecule has 0 fully saturated rings. The molecule has 3 heterocycles. The van der Waals surface area contributed by atoms with E-state index in [0.29, 0.717) is 17.5 Å². The number of nitrogens with zero attached hydrogens (tertiary/aromatic N) is 3. The average molecular weight is 407 g/mol. The molecule has 0 radical (unpaired) electrons. The maximum absolute atomic E-state index is 13.4. The van der Waals surface area contributed by atoms with Crippen molar-refractivity contribution in [2.45, 2.75) is 12.6 Å². The number of fused-ring (bicyclic) bond motifs is 1. The van der Waals surface area contributed by atoms with Gasteiger partial charge in [-0.25, -0.2) is 4.99 Å². The molecule has 0 bridgehead atoms. The summed E-state index contributed by atoms with van der Waals surface area (Å²) >= 11 is 0. The number of methoxy groups -OCH3 is 1. The summed E-state index contributed by atoms with van der Waals surface area (Å²) in [6, 6.07) is 16.5. The van der Waals surface area contributed by atoms with Gasteiger partial charge in [-0.1, -0.05) is 36.3 Å². The Balaban J connectivity index is 1.98. The molecule has 4 rings (SSSR count). The molecule has 30 heavy (non-hydrogen) atoms. The predicted molar refractivity (Wildman–Crippen MR) is 109 cm³/mol. The molecule has 0 unspecified atom stereocenters. The highest BCUT2D eigenvalue weighted by molar-refractivity contribution is 5.90. The summed E-state index contributed by atoms with van der Waals surface area (Å²) in [6.07, 6.45) is 1.27. The van der Waals surface area contributed by atoms with Gasteiger partial charge in [0, 0.05) is 30.3 Å². The Hall–Kier alpha value is -3.79. The molecule has 150 valence electrons. The molecule has 1 aromatic carbocycles. The third-order valence-electron chi connectivity index (χ3n) is 4.59. The van der Waals surface area contributed by atoms with Crippen molar-refractivity contribution in [2.24, 2.45) is 4.99 Å². The van der Waals surface area contributed by atoms with E-state index in [1.807, 2.05) is 42.5 Å². The molecule has 0 aliphatic carbocycles. The second kappa shape index (κ2) is 7.91. The Labute approximate surface area is 171 Å². The first-order chi connectivity index (χ1) is 14.5. The van der Waals surface area contributed by atoms with Crippen molar-refractivity contribution in [1.82, 2.24) is 9.61 Å². The number of pyridine rings is 1. The Kier molecular flexibility index (Phi) is 5.15. The summed E-state index contributed by atoms with van der Waals surface area (Å²) in [5.74, 6) is 3.15. The van der Waals surface area contributed by atoms with Crippen LogP contribution in [0.15, 0.2) is 71.2 Å². The van der Waals surface area contributed by atoms with Crippen LogP contribution in [0.25, 0.3) is 11.1 Å². The lowest BCUT2D eigenvalue weighted by Gasteiger charge is -2.13. The van der Waals surface area contributed by atoms with Gasteiger partial charge in [-0.15, -0.1) is 0 Å². The van der Waals surface area contributed by atoms with Crippen molar-refractivity contribution >= 4 is 17.3 Å². The first kappa shape index (κ1) is 19.5. The Morgan fingerprint density at radius 3 is 2.70 bits per heavy atom. The van der Waals surface area contributed by atoms with Gasteiger partial charge in [-0.05, 0) is 41.0 Å². The predicted octanol–water partition coefficient (Wildman–Crippen LogP) is 5.16. The third-order valence-corrected chi connectivity index (χ3v) is 4.59. The van der Waals surface area contributed by atoms with Crippen LogP contribution >= 0.6 is 0 Å². The zero-order valence-corrected chi connectivity index (χ0v) is 15.9. The van der Waals surface area contributed by atoms with Gasteiger partial charge in [-0.2, -0.15) is 22.8 Å². The molecular weight excluding hydrogens is 391 g/mol. The second-order valence-corrected chi connectivity index (χ2v) is 6.52. The lowest BCUT2D eigenvalue weighted by Crippen LogP contribution is -2.06. The number of allylic oxidation sites excluding steroid dienone is 3. The number of aromatic nitrogens is 2. The summed E-state index contributed by atoms with van der Waals surface area (Å²) in [4.78, 5) is 3.93. The fraction of sp³-hybridized carbons (Fsp3) is 0.130. The topological polar surface area (TPSA) is 38.9 Å². The monoisotopic (exact) mass is 407 g/mol. The third kappa shape index (κ3) is 3.85. The van der Waals surface area contributed by atoms with Gasteiger partial charge < -0.3 is 4.74 Å². The van der Waals surface area contributed by atoms with Crippen molar-refractivity contribution in [1.29, 1.82) is 0 Å². The van der Waals surface area contributed by atoms with Gasteiger partial charge in [0.05, 0.1) is 12.6 Å². The van der Waals surface area contributed by atoms with Crippen LogP contribution in [0.2, 0.25) is 0 Å². The fourth-order valence-electron chi connectivity index (χ4n) is 3.21. The number of aliphatic imine (C=N–C) groups is 1. The van der Waals surface area contributed by atoms with Crippen LogP contribution in [0.3, 0.4) is 0 Å². The van der Waals surface area contributed by atoms with Crippen molar-refractivity contribution in [3.63, 3.8) is 0 Å². The van der Waals surface area contributed by atoms with Gasteiger partial charge in [0.15, 0.2) is 5.69 Å². The molecule has 0 saturated carbocycles. The van der Waals surface area contributed by atoms with Gasteiger partial charge in [-0.3, -0.25) is 0 Å². The summed E-state index contributed by atoms with van der Waals surface area (Å²) in [5.41, 5.74) is 2.42. The molecule has 1 aliphatic rings. The number of alkyl halides is 3. The van der Waals surface area contributed by atoms with Crippen molar-refractivity contribution in [2.75, 3.05) is 7.11 Å². The number of benzene rings is 1. The van der Waals surface area contributed by atoms with Gasteiger partial charge in [0.2, 0.25) is 5.88 Å². The number of ether oxygens (including phenoxy) is 1. The largest absolute Gasteiger partial charge is 0.481 e. The highest BCUT2D eigenvalue weighted by Gasteiger charge is 2.35. The maximum atomic E-state index is 13.4. The zero-order valence-electron chi connectivity index (χ0n) is 15.9. The normalized spacial score (nSPS) is 14.1. The minimum atomic E-state index is -4.57. The van der Waals surface area contributed by atoms with Crippen LogP contribution in [-0.2, 0) is 6.18 Å². The van der Waals surface area contributed by atoms with Crippen molar-refractivity contribution in [3.05, 3.63) is 83.1 Å². The fourth-order valence-corrected chi connectivity index (χ4v) is 3.21. The van der Waals surface area contributed by atoms with Gasteiger partial charge in [0.1, 0.15) is 0 Å². The van der Waals surface area contributed by atoms with E-state index in [1.54, 1.807) is 18.3 Å². The zero-order chi connectivity index (χ0) is 21.1. The molecule has 3 aromatic rings. The summed E-state index contributed by atoms with van der Waals surface area (Å²) < 4.78 is 46.5. The molecule has 0 amide bonds. The molecular formula is C23H16F3N3O. The summed E-state index contributed by atoms with van der Waals surface area (Å²) in [7, 11) is 1.39. The van der Waals surface area contributed by atoms with E-state index < -0.39 is 11.9 Å². The maximum Gasteiger partial charge on any atom is 0.435 e. The Morgan fingerprint density at radius 2 is 1.97 bits per heavy atom. The highest BCUT2D eigenvalue weighted by Crippen LogP contribution is 2.35. The molecule has 0 atom stereocenters. The molecule has 0 saturated heterocycles. The van der Waals surface area contributed by atoms with Gasteiger partial charge in [0.25, 0.3) is 0 Å². The SMILES string of the molecule is COc1ccc(/C(=C/C2=CC=NC#CC2)c2ccccc2)c2cc(C(F)(F)F)nn12. The first-order valence-electron chi connectivity index (χ1n) is 9.09. The van der Waals surface area contributed by atoms with E-state index in [4.69, 9.17) is 4.74 Å². The van der Waals surface area contributed by atoms with Gasteiger partial charge >= 0.3 is 6.18 Å². The number of halogens is 3. The van der Waals surface area contributed by atoms with E-state index in [2.05, 4.69) is 22.1 Å². The molecule has 0 spiro atoms. The average Bonchev–Trinajstić information content (AvgIpc) is 3.05. The van der Waals surface area contributed by atoms with Crippen LogP contribution in [0, 0.1) is 12.0 Å². The minimum Gasteiger partial charge on any atom is -0.481 e. The molecule has 2 aromatic heterocycles. The van der Waals surface area contributed by atoms with Crippen LogP contribution in [0.4, 0.5) is 13.2 Å². The minimum absolute atomic E-state index is 0.211. The molecule has 7 heteroatoms. The quantitative estimate of drug-likeness (QED) is 0.561. The number of hydrogen-bond donors (Lipinski definition) is 0. The number of rotatable bonds is 4. The van der Waals surface area contributed by atoms with Crippen LogP contribution in [-0.4, -0.2) is 22.9 Å². The molecule has 4 nitrogen and oxygen atoms in total. The van der Waals surface area contributed by atoms with E-state index in [-0.39, 0.29) is 5.88 Å². The highest BCUT2D eigenvalue weighted by atomic mass is 19.4. The lowest BCUT2D eigenvalue weighted by atomic mass is 9.94. The van der Waals surface area contributed by atoms with Crippen LogP contribution in [0.1, 0.15) is 23.2 Å². The smallest absolute Gasteiger partial charge is 0.435 e.